The number of ether oxygens (including phenoxy) is 1. The summed E-state index contributed by atoms with van der Waals surface area (Å²) in [4.78, 5) is 23.2. The van der Waals surface area contributed by atoms with Gasteiger partial charge in [0.05, 0.1) is 23.3 Å². The minimum atomic E-state index is -0.441. The summed E-state index contributed by atoms with van der Waals surface area (Å²) in [5, 5.41) is 13.7. The SMILES string of the molecule is O=C(CSc1ccc([N+](=O)[O-])cc1)NC1CCOc2ccccc21. The molecule has 1 amide bonds. The topological polar surface area (TPSA) is 81.5 Å². The lowest BCUT2D eigenvalue weighted by Crippen LogP contribution is -2.33. The highest BCUT2D eigenvalue weighted by Crippen LogP contribution is 2.31. The Labute approximate surface area is 143 Å². The van der Waals surface area contributed by atoms with Gasteiger partial charge in [0.2, 0.25) is 5.91 Å². The number of nitro groups is 1. The first-order valence-corrected chi connectivity index (χ1v) is 8.50. The van der Waals surface area contributed by atoms with Crippen LogP contribution in [-0.2, 0) is 4.79 Å². The van der Waals surface area contributed by atoms with Crippen LogP contribution >= 0.6 is 11.8 Å². The molecule has 0 spiro atoms. The van der Waals surface area contributed by atoms with Gasteiger partial charge in [-0.3, -0.25) is 14.9 Å². The number of thioether (sulfide) groups is 1. The Kier molecular flexibility index (Phi) is 5.00. The minimum absolute atomic E-state index is 0.0417. The highest BCUT2D eigenvalue weighted by Gasteiger charge is 2.22. The van der Waals surface area contributed by atoms with E-state index in [1.165, 1.54) is 23.9 Å². The Bertz CT molecular complexity index is 749. The predicted molar refractivity (Wildman–Crippen MR) is 91.3 cm³/mol. The Morgan fingerprint density at radius 2 is 2.00 bits per heavy atom. The summed E-state index contributed by atoms with van der Waals surface area (Å²) in [7, 11) is 0. The lowest BCUT2D eigenvalue weighted by Gasteiger charge is -2.26. The summed E-state index contributed by atoms with van der Waals surface area (Å²) in [5.74, 6) is 1.01. The molecule has 1 N–H and O–H groups in total. The molecule has 0 bridgehead atoms. The maximum absolute atomic E-state index is 12.2. The third kappa shape index (κ3) is 3.86. The standard InChI is InChI=1S/C17H16N2O4S/c20-17(11-24-13-7-5-12(6-8-13)19(21)22)18-15-9-10-23-16-4-2-1-3-14(15)16/h1-8,15H,9-11H2,(H,18,20). The molecule has 2 aromatic rings. The van der Waals surface area contributed by atoms with Gasteiger partial charge in [0, 0.05) is 29.0 Å². The van der Waals surface area contributed by atoms with Gasteiger partial charge in [-0.25, -0.2) is 0 Å². The molecule has 1 unspecified atom stereocenters. The first-order valence-electron chi connectivity index (χ1n) is 7.52. The second kappa shape index (κ2) is 7.35. The van der Waals surface area contributed by atoms with Crippen LogP contribution in [0.25, 0.3) is 0 Å². The number of para-hydroxylation sites is 1. The zero-order valence-electron chi connectivity index (χ0n) is 12.8. The van der Waals surface area contributed by atoms with Crippen molar-refractivity contribution in [1.29, 1.82) is 0 Å². The smallest absolute Gasteiger partial charge is 0.269 e. The lowest BCUT2D eigenvalue weighted by atomic mass is 10.0. The molecule has 1 aliphatic heterocycles. The van der Waals surface area contributed by atoms with Gasteiger partial charge in [-0.05, 0) is 18.2 Å². The average Bonchev–Trinajstić information content (AvgIpc) is 2.61. The molecular weight excluding hydrogens is 328 g/mol. The zero-order chi connectivity index (χ0) is 16.9. The summed E-state index contributed by atoms with van der Waals surface area (Å²) < 4.78 is 5.58. The van der Waals surface area contributed by atoms with Crippen LogP contribution in [0.5, 0.6) is 5.75 Å². The number of nitrogens with one attached hydrogen (secondary N) is 1. The van der Waals surface area contributed by atoms with Crippen LogP contribution in [0.3, 0.4) is 0 Å². The highest BCUT2D eigenvalue weighted by atomic mass is 32.2. The molecule has 0 saturated carbocycles. The van der Waals surface area contributed by atoms with Gasteiger partial charge >= 0.3 is 0 Å². The van der Waals surface area contributed by atoms with Crippen molar-refractivity contribution >= 4 is 23.4 Å². The number of rotatable bonds is 5. The first kappa shape index (κ1) is 16.3. The third-order valence-corrected chi connectivity index (χ3v) is 4.72. The Morgan fingerprint density at radius 3 is 2.75 bits per heavy atom. The van der Waals surface area contributed by atoms with E-state index < -0.39 is 4.92 Å². The van der Waals surface area contributed by atoms with E-state index in [2.05, 4.69) is 5.32 Å². The average molecular weight is 344 g/mol. The molecule has 3 rings (SSSR count). The number of hydrogen-bond donors (Lipinski definition) is 1. The quantitative estimate of drug-likeness (QED) is 0.511. The van der Waals surface area contributed by atoms with Crippen LogP contribution in [0.2, 0.25) is 0 Å². The fourth-order valence-electron chi connectivity index (χ4n) is 2.54. The van der Waals surface area contributed by atoms with Gasteiger partial charge in [0.15, 0.2) is 0 Å². The first-order chi connectivity index (χ1) is 11.6. The van der Waals surface area contributed by atoms with Crippen LogP contribution in [0, 0.1) is 10.1 Å². The molecule has 0 aromatic heterocycles. The molecule has 6 nitrogen and oxygen atoms in total. The number of nitrogens with zero attached hydrogens (tertiary/aromatic N) is 1. The van der Waals surface area contributed by atoms with E-state index in [1.807, 2.05) is 24.3 Å². The van der Waals surface area contributed by atoms with E-state index in [-0.39, 0.29) is 23.4 Å². The number of carbonyl (C=O) groups is 1. The molecule has 0 aliphatic carbocycles. The molecule has 0 saturated heterocycles. The normalized spacial score (nSPS) is 15.9. The molecule has 1 atom stereocenters. The molecule has 2 aromatic carbocycles. The largest absolute Gasteiger partial charge is 0.493 e. The van der Waals surface area contributed by atoms with Crippen molar-refractivity contribution in [2.75, 3.05) is 12.4 Å². The summed E-state index contributed by atoms with van der Waals surface area (Å²) in [5.41, 5.74) is 1.04. The van der Waals surface area contributed by atoms with Crippen LogP contribution in [0.4, 0.5) is 5.69 Å². The van der Waals surface area contributed by atoms with Gasteiger partial charge in [0.25, 0.3) is 5.69 Å². The summed E-state index contributed by atoms with van der Waals surface area (Å²) in [6.45, 7) is 0.581. The maximum atomic E-state index is 12.2. The van der Waals surface area contributed by atoms with Gasteiger partial charge in [-0.2, -0.15) is 0 Å². The van der Waals surface area contributed by atoms with Gasteiger partial charge < -0.3 is 10.1 Å². The van der Waals surface area contributed by atoms with E-state index >= 15 is 0 Å². The highest BCUT2D eigenvalue weighted by molar-refractivity contribution is 8.00. The monoisotopic (exact) mass is 344 g/mol. The van der Waals surface area contributed by atoms with Gasteiger partial charge in [-0.1, -0.05) is 18.2 Å². The van der Waals surface area contributed by atoms with Crippen molar-refractivity contribution in [3.05, 3.63) is 64.2 Å². The molecule has 0 radical (unpaired) electrons. The fourth-order valence-corrected chi connectivity index (χ4v) is 3.25. The summed E-state index contributed by atoms with van der Waals surface area (Å²) in [6.07, 6.45) is 0.741. The van der Waals surface area contributed by atoms with E-state index in [9.17, 15) is 14.9 Å². The maximum Gasteiger partial charge on any atom is 0.269 e. The van der Waals surface area contributed by atoms with E-state index in [4.69, 9.17) is 4.74 Å². The van der Waals surface area contributed by atoms with Crippen molar-refractivity contribution in [2.45, 2.75) is 17.4 Å². The van der Waals surface area contributed by atoms with Crippen LogP contribution in [-0.4, -0.2) is 23.2 Å². The van der Waals surface area contributed by atoms with E-state index in [0.717, 1.165) is 22.6 Å². The van der Waals surface area contributed by atoms with Crippen molar-refractivity contribution in [3.63, 3.8) is 0 Å². The molecule has 1 aliphatic rings. The third-order valence-electron chi connectivity index (χ3n) is 3.71. The zero-order valence-corrected chi connectivity index (χ0v) is 13.6. The predicted octanol–water partition coefficient (Wildman–Crippen LogP) is 3.33. The van der Waals surface area contributed by atoms with E-state index in [1.54, 1.807) is 12.1 Å². The number of hydrogen-bond acceptors (Lipinski definition) is 5. The molecule has 1 heterocycles. The minimum Gasteiger partial charge on any atom is -0.493 e. The van der Waals surface area contributed by atoms with Crippen LogP contribution < -0.4 is 10.1 Å². The molecule has 7 heteroatoms. The number of non-ortho nitro benzene ring substituents is 1. The molecule has 24 heavy (non-hydrogen) atoms. The van der Waals surface area contributed by atoms with Gasteiger partial charge in [0.1, 0.15) is 5.75 Å². The molecule has 124 valence electrons. The van der Waals surface area contributed by atoms with E-state index in [0.29, 0.717) is 6.61 Å². The summed E-state index contributed by atoms with van der Waals surface area (Å²) >= 11 is 1.35. The molecule has 0 fully saturated rings. The number of amides is 1. The van der Waals surface area contributed by atoms with Crippen molar-refractivity contribution in [1.82, 2.24) is 5.32 Å². The second-order valence-corrected chi connectivity index (χ2v) is 6.38. The number of fused-ring (bicyclic) bond motifs is 1. The van der Waals surface area contributed by atoms with Crippen molar-refractivity contribution < 1.29 is 14.5 Å². The number of nitro benzene ring substituents is 1. The van der Waals surface area contributed by atoms with Crippen LogP contribution in [0.1, 0.15) is 18.0 Å². The van der Waals surface area contributed by atoms with Gasteiger partial charge in [-0.15, -0.1) is 11.8 Å². The summed E-state index contributed by atoms with van der Waals surface area (Å²) in [6, 6.07) is 13.8. The Morgan fingerprint density at radius 1 is 1.25 bits per heavy atom. The fraction of sp³-hybridized carbons (Fsp3) is 0.235. The Balaban J connectivity index is 1.56. The molecular formula is C17H16N2O4S. The second-order valence-electron chi connectivity index (χ2n) is 5.33. The van der Waals surface area contributed by atoms with Crippen LogP contribution in [0.15, 0.2) is 53.4 Å². The van der Waals surface area contributed by atoms with Crippen molar-refractivity contribution in [2.24, 2.45) is 0 Å². The number of carbonyl (C=O) groups excluding carboxylic acids is 1. The Hall–Kier alpha value is -2.54. The van der Waals surface area contributed by atoms with Crippen molar-refractivity contribution in [3.8, 4) is 5.75 Å². The number of benzene rings is 2. The lowest BCUT2D eigenvalue weighted by molar-refractivity contribution is -0.384.